The van der Waals surface area contributed by atoms with Gasteiger partial charge in [0.05, 0.1) is 6.61 Å². The minimum absolute atomic E-state index is 0. The summed E-state index contributed by atoms with van der Waals surface area (Å²) >= 11 is 0. The Bertz CT molecular complexity index is 496. The number of halogens is 3. The zero-order chi connectivity index (χ0) is 15.2. The Hall–Kier alpha value is -1.40. The molecule has 2 rings (SSSR count). The third-order valence-corrected chi connectivity index (χ3v) is 3.66. The molecule has 1 N–H and O–H groups in total. The van der Waals surface area contributed by atoms with Crippen LogP contribution in [0.15, 0.2) is 18.2 Å². The molecule has 1 aromatic rings. The molecular formula is C15H21ClF2N2O2. The molecule has 1 unspecified atom stereocenters. The number of hydrogen-bond acceptors (Lipinski definition) is 3. The van der Waals surface area contributed by atoms with E-state index in [1.165, 1.54) is 6.07 Å². The average molecular weight is 335 g/mol. The van der Waals surface area contributed by atoms with Crippen LogP contribution in [0.25, 0.3) is 0 Å². The monoisotopic (exact) mass is 334 g/mol. The number of likely N-dealkylation sites (N-methyl/N-ethyl adjacent to an activating group) is 1. The van der Waals surface area contributed by atoms with Crippen molar-refractivity contribution in [2.45, 2.75) is 25.3 Å². The molecule has 0 spiro atoms. The Kier molecular flexibility index (Phi) is 7.55. The highest BCUT2D eigenvalue weighted by molar-refractivity contribution is 5.85. The Labute approximate surface area is 135 Å². The lowest BCUT2D eigenvalue weighted by atomic mass is 10.2. The van der Waals surface area contributed by atoms with Gasteiger partial charge in [-0.15, -0.1) is 12.4 Å². The van der Waals surface area contributed by atoms with Crippen LogP contribution in [0, 0.1) is 11.6 Å². The molecule has 0 bridgehead atoms. The van der Waals surface area contributed by atoms with E-state index in [0.717, 1.165) is 31.6 Å². The summed E-state index contributed by atoms with van der Waals surface area (Å²) in [7, 11) is 1.81. The summed E-state index contributed by atoms with van der Waals surface area (Å²) in [5.74, 6) is -1.29. The summed E-state index contributed by atoms with van der Waals surface area (Å²) in [6.45, 7) is 2.00. The topological polar surface area (TPSA) is 41.6 Å². The van der Waals surface area contributed by atoms with Crippen LogP contribution in [0.4, 0.5) is 8.78 Å². The van der Waals surface area contributed by atoms with Gasteiger partial charge >= 0.3 is 0 Å². The molecule has 1 fully saturated rings. The van der Waals surface area contributed by atoms with Crippen molar-refractivity contribution in [3.8, 4) is 5.75 Å². The summed E-state index contributed by atoms with van der Waals surface area (Å²) in [6, 6.07) is 3.43. The van der Waals surface area contributed by atoms with E-state index in [-0.39, 0.29) is 36.7 Å². The molecule has 22 heavy (non-hydrogen) atoms. The number of nitrogens with zero attached hydrogens (tertiary/aromatic N) is 1. The molecule has 0 saturated carbocycles. The minimum Gasteiger partial charge on any atom is -0.491 e. The van der Waals surface area contributed by atoms with E-state index in [9.17, 15) is 13.6 Å². The number of benzene rings is 1. The first-order valence-corrected chi connectivity index (χ1v) is 7.12. The van der Waals surface area contributed by atoms with Gasteiger partial charge in [0.25, 0.3) is 0 Å². The zero-order valence-corrected chi connectivity index (χ0v) is 13.3. The van der Waals surface area contributed by atoms with Gasteiger partial charge in [-0.05, 0) is 31.5 Å². The van der Waals surface area contributed by atoms with Gasteiger partial charge in [0.15, 0.2) is 11.6 Å². The smallest absolute Gasteiger partial charge is 0.222 e. The molecule has 1 heterocycles. The van der Waals surface area contributed by atoms with Crippen molar-refractivity contribution in [3.63, 3.8) is 0 Å². The van der Waals surface area contributed by atoms with E-state index in [4.69, 9.17) is 4.74 Å². The van der Waals surface area contributed by atoms with Crippen LogP contribution >= 0.6 is 12.4 Å². The van der Waals surface area contributed by atoms with E-state index in [0.29, 0.717) is 12.8 Å². The van der Waals surface area contributed by atoms with Gasteiger partial charge in [0.2, 0.25) is 5.91 Å². The first kappa shape index (κ1) is 18.6. The van der Waals surface area contributed by atoms with E-state index < -0.39 is 11.6 Å². The molecule has 1 aliphatic heterocycles. The van der Waals surface area contributed by atoms with Crippen LogP contribution in [-0.4, -0.2) is 43.6 Å². The van der Waals surface area contributed by atoms with Crippen LogP contribution in [-0.2, 0) is 4.79 Å². The van der Waals surface area contributed by atoms with Crippen molar-refractivity contribution in [2.75, 3.05) is 26.7 Å². The van der Waals surface area contributed by atoms with Gasteiger partial charge in [0, 0.05) is 32.1 Å². The zero-order valence-electron chi connectivity index (χ0n) is 12.5. The number of rotatable bonds is 6. The maximum Gasteiger partial charge on any atom is 0.222 e. The summed E-state index contributed by atoms with van der Waals surface area (Å²) < 4.78 is 31.3. The van der Waals surface area contributed by atoms with Crippen molar-refractivity contribution >= 4 is 18.3 Å². The van der Waals surface area contributed by atoms with Gasteiger partial charge < -0.3 is 15.0 Å². The number of amides is 1. The fraction of sp³-hybridized carbons (Fsp3) is 0.533. The van der Waals surface area contributed by atoms with Crippen LogP contribution in [0.2, 0.25) is 0 Å². The second-order valence-corrected chi connectivity index (χ2v) is 5.18. The number of carbonyl (C=O) groups is 1. The summed E-state index contributed by atoms with van der Waals surface area (Å²) in [4.78, 5) is 13.7. The van der Waals surface area contributed by atoms with Crippen LogP contribution in [0.3, 0.4) is 0 Å². The van der Waals surface area contributed by atoms with Crippen LogP contribution in [0.5, 0.6) is 5.75 Å². The normalized spacial score (nSPS) is 17.0. The Morgan fingerprint density at radius 3 is 2.86 bits per heavy atom. The van der Waals surface area contributed by atoms with Crippen molar-refractivity contribution in [3.05, 3.63) is 29.8 Å². The summed E-state index contributed by atoms with van der Waals surface area (Å²) in [6.07, 6.45) is 1.83. The number of carbonyl (C=O) groups excluding carboxylic acids is 1. The molecule has 7 heteroatoms. The molecule has 0 aliphatic carbocycles. The van der Waals surface area contributed by atoms with E-state index >= 15 is 0 Å². The molecule has 1 aromatic carbocycles. The second-order valence-electron chi connectivity index (χ2n) is 5.18. The third-order valence-electron chi connectivity index (χ3n) is 3.66. The summed E-state index contributed by atoms with van der Waals surface area (Å²) in [5.41, 5.74) is 0. The minimum atomic E-state index is -0.726. The first-order chi connectivity index (χ1) is 10.1. The Morgan fingerprint density at radius 1 is 1.45 bits per heavy atom. The lowest BCUT2D eigenvalue weighted by Crippen LogP contribution is -2.38. The van der Waals surface area contributed by atoms with Gasteiger partial charge in [-0.2, -0.15) is 0 Å². The fourth-order valence-corrected chi connectivity index (χ4v) is 2.35. The fourth-order valence-electron chi connectivity index (χ4n) is 2.35. The molecule has 124 valence electrons. The molecule has 1 aliphatic rings. The van der Waals surface area contributed by atoms with Gasteiger partial charge in [0.1, 0.15) is 5.82 Å². The predicted octanol–water partition coefficient (Wildman–Crippen LogP) is 2.37. The summed E-state index contributed by atoms with van der Waals surface area (Å²) in [5, 5.41) is 3.22. The maximum absolute atomic E-state index is 13.3. The molecule has 1 saturated heterocycles. The molecule has 1 amide bonds. The SMILES string of the molecule is CN(C(=O)CCCOc1ccc(F)cc1F)C1CCNC1.Cl. The highest BCUT2D eigenvalue weighted by Crippen LogP contribution is 2.18. The molecule has 0 aromatic heterocycles. The highest BCUT2D eigenvalue weighted by Gasteiger charge is 2.22. The lowest BCUT2D eigenvalue weighted by molar-refractivity contribution is -0.131. The van der Waals surface area contributed by atoms with Crippen molar-refractivity contribution < 1.29 is 18.3 Å². The van der Waals surface area contributed by atoms with E-state index in [2.05, 4.69) is 5.32 Å². The van der Waals surface area contributed by atoms with Crippen molar-refractivity contribution in [1.29, 1.82) is 0 Å². The van der Waals surface area contributed by atoms with E-state index in [1.807, 2.05) is 0 Å². The van der Waals surface area contributed by atoms with E-state index in [1.54, 1.807) is 11.9 Å². The third kappa shape index (κ3) is 5.10. The predicted molar refractivity (Wildman–Crippen MR) is 82.4 cm³/mol. The van der Waals surface area contributed by atoms with Crippen molar-refractivity contribution in [1.82, 2.24) is 10.2 Å². The lowest BCUT2D eigenvalue weighted by Gasteiger charge is -2.23. The molecule has 0 radical (unpaired) electrons. The maximum atomic E-state index is 13.3. The Morgan fingerprint density at radius 2 is 2.23 bits per heavy atom. The van der Waals surface area contributed by atoms with Crippen LogP contribution < -0.4 is 10.1 Å². The van der Waals surface area contributed by atoms with Crippen LogP contribution in [0.1, 0.15) is 19.3 Å². The standard InChI is InChI=1S/C15H20F2N2O2.ClH/c1-19(12-6-7-18-10-12)15(20)3-2-8-21-14-5-4-11(16)9-13(14)17;/h4-5,9,12,18H,2-3,6-8,10H2,1H3;1H. The molecule has 4 nitrogen and oxygen atoms in total. The van der Waals surface area contributed by atoms with Crippen molar-refractivity contribution in [2.24, 2.45) is 0 Å². The quantitative estimate of drug-likeness (QED) is 0.812. The highest BCUT2D eigenvalue weighted by atomic mass is 35.5. The molecule has 1 atom stereocenters. The number of ether oxygens (including phenoxy) is 1. The largest absolute Gasteiger partial charge is 0.491 e. The second kappa shape index (κ2) is 8.90. The van der Waals surface area contributed by atoms with Gasteiger partial charge in [-0.25, -0.2) is 8.78 Å². The number of nitrogens with one attached hydrogen (secondary N) is 1. The average Bonchev–Trinajstić information content (AvgIpc) is 2.98. The molecular weight excluding hydrogens is 314 g/mol. The Balaban J connectivity index is 0.00000242. The van der Waals surface area contributed by atoms with Gasteiger partial charge in [-0.3, -0.25) is 4.79 Å². The van der Waals surface area contributed by atoms with Gasteiger partial charge in [-0.1, -0.05) is 0 Å². The number of hydrogen-bond donors (Lipinski definition) is 1. The first-order valence-electron chi connectivity index (χ1n) is 7.12.